The van der Waals surface area contributed by atoms with E-state index in [2.05, 4.69) is 24.7 Å². The molecule has 4 heteroatoms. The fourth-order valence-electron chi connectivity index (χ4n) is 2.12. The molecule has 1 saturated heterocycles. The maximum atomic E-state index is 11.9. The van der Waals surface area contributed by atoms with Crippen LogP contribution in [0.4, 0.5) is 0 Å². The van der Waals surface area contributed by atoms with Crippen molar-refractivity contribution in [1.29, 1.82) is 0 Å². The molecule has 1 heterocycles. The molecule has 0 bridgehead atoms. The molecule has 0 aromatic carbocycles. The van der Waals surface area contributed by atoms with Gasteiger partial charge in [0.05, 0.1) is 6.04 Å². The highest BCUT2D eigenvalue weighted by molar-refractivity contribution is 5.82. The number of carbonyl (C=O) groups excluding carboxylic acids is 1. The third-order valence-electron chi connectivity index (χ3n) is 2.96. The molecule has 1 rings (SSSR count). The highest BCUT2D eigenvalue weighted by Gasteiger charge is 2.24. The summed E-state index contributed by atoms with van der Waals surface area (Å²) >= 11 is 0. The Morgan fingerprint density at radius 1 is 1.35 bits per heavy atom. The topological polar surface area (TPSA) is 49.6 Å². The van der Waals surface area contributed by atoms with Crippen molar-refractivity contribution in [3.8, 4) is 12.3 Å². The summed E-state index contributed by atoms with van der Waals surface area (Å²) in [6.45, 7) is 8.92. The van der Waals surface area contributed by atoms with E-state index in [0.717, 1.165) is 32.7 Å². The average molecular weight is 237 g/mol. The maximum absolute atomic E-state index is 11.9. The van der Waals surface area contributed by atoms with Gasteiger partial charge in [0.2, 0.25) is 5.91 Å². The van der Waals surface area contributed by atoms with Gasteiger partial charge in [0.15, 0.2) is 0 Å². The van der Waals surface area contributed by atoms with Crippen LogP contribution in [0.1, 0.15) is 20.3 Å². The Morgan fingerprint density at radius 3 is 2.41 bits per heavy atom. The lowest BCUT2D eigenvalue weighted by Crippen LogP contribution is -2.53. The van der Waals surface area contributed by atoms with Crippen LogP contribution >= 0.6 is 0 Å². The third kappa shape index (κ3) is 4.37. The average Bonchev–Trinajstić information content (AvgIpc) is 2.28. The minimum absolute atomic E-state index is 0.00727. The second-order valence-corrected chi connectivity index (χ2v) is 5.03. The van der Waals surface area contributed by atoms with Crippen molar-refractivity contribution in [2.45, 2.75) is 26.3 Å². The van der Waals surface area contributed by atoms with Crippen molar-refractivity contribution in [3.63, 3.8) is 0 Å². The van der Waals surface area contributed by atoms with Gasteiger partial charge in [-0.15, -0.1) is 12.3 Å². The van der Waals surface area contributed by atoms with Gasteiger partial charge in [-0.05, 0) is 5.92 Å². The number of piperazine rings is 1. The molecule has 0 saturated carbocycles. The first kappa shape index (κ1) is 14.0. The first-order chi connectivity index (χ1) is 8.04. The number of terminal acetylenes is 1. The number of hydrogen-bond donors (Lipinski definition) is 1. The highest BCUT2D eigenvalue weighted by Crippen LogP contribution is 2.07. The molecular formula is C13H23N3O. The standard InChI is InChI=1S/C13H23N3O/c1-4-5-12(14)13(17)16-8-6-15(7-9-16)10-11(2)3/h1,11-12H,5-10,14H2,2-3H3. The van der Waals surface area contributed by atoms with E-state index >= 15 is 0 Å². The molecule has 4 nitrogen and oxygen atoms in total. The molecule has 1 atom stereocenters. The van der Waals surface area contributed by atoms with Crippen LogP contribution < -0.4 is 5.73 Å². The molecule has 0 aromatic rings. The Labute approximate surface area is 104 Å². The van der Waals surface area contributed by atoms with E-state index in [1.54, 1.807) is 0 Å². The van der Waals surface area contributed by atoms with E-state index < -0.39 is 6.04 Å². The van der Waals surface area contributed by atoms with Gasteiger partial charge in [-0.2, -0.15) is 0 Å². The van der Waals surface area contributed by atoms with Crippen LogP contribution in [0.3, 0.4) is 0 Å². The molecule has 1 fully saturated rings. The normalized spacial score (nSPS) is 19.1. The van der Waals surface area contributed by atoms with Crippen molar-refractivity contribution in [2.24, 2.45) is 11.7 Å². The summed E-state index contributed by atoms with van der Waals surface area (Å²) in [5.74, 6) is 3.10. The molecule has 0 spiro atoms. The molecule has 0 aliphatic carbocycles. The minimum Gasteiger partial charge on any atom is -0.339 e. The first-order valence-corrected chi connectivity index (χ1v) is 6.24. The lowest BCUT2D eigenvalue weighted by Gasteiger charge is -2.36. The predicted octanol–water partition coefficient (Wildman–Crippen LogP) is 0.137. The number of nitrogens with two attached hydrogens (primary N) is 1. The molecule has 1 unspecified atom stereocenters. The molecule has 1 aliphatic heterocycles. The molecule has 0 aromatic heterocycles. The van der Waals surface area contributed by atoms with Gasteiger partial charge in [-0.25, -0.2) is 0 Å². The molecule has 2 N–H and O–H groups in total. The fourth-order valence-corrected chi connectivity index (χ4v) is 2.12. The second-order valence-electron chi connectivity index (χ2n) is 5.03. The first-order valence-electron chi connectivity index (χ1n) is 6.24. The number of carbonyl (C=O) groups is 1. The van der Waals surface area contributed by atoms with Crippen LogP contribution in [0.15, 0.2) is 0 Å². The summed E-state index contributed by atoms with van der Waals surface area (Å²) in [5.41, 5.74) is 5.73. The van der Waals surface area contributed by atoms with Crippen LogP contribution in [0.2, 0.25) is 0 Å². The van der Waals surface area contributed by atoms with E-state index in [9.17, 15) is 4.79 Å². The molecule has 96 valence electrons. The SMILES string of the molecule is C#CCC(N)C(=O)N1CCN(CC(C)C)CC1. The molecule has 1 amide bonds. The van der Waals surface area contributed by atoms with Crippen molar-refractivity contribution in [2.75, 3.05) is 32.7 Å². The Balaban J connectivity index is 2.36. The zero-order chi connectivity index (χ0) is 12.8. The van der Waals surface area contributed by atoms with Crippen LogP contribution in [-0.2, 0) is 4.79 Å². The Kier molecular flexibility index (Phi) is 5.46. The zero-order valence-electron chi connectivity index (χ0n) is 10.9. The fraction of sp³-hybridized carbons (Fsp3) is 0.769. The van der Waals surface area contributed by atoms with E-state index in [1.165, 1.54) is 0 Å². The summed E-state index contributed by atoms with van der Waals surface area (Å²) in [6.07, 6.45) is 5.49. The number of rotatable bonds is 4. The number of nitrogens with zero attached hydrogens (tertiary/aromatic N) is 2. The van der Waals surface area contributed by atoms with E-state index in [-0.39, 0.29) is 5.91 Å². The monoisotopic (exact) mass is 237 g/mol. The van der Waals surface area contributed by atoms with Crippen molar-refractivity contribution in [1.82, 2.24) is 9.80 Å². The maximum Gasteiger partial charge on any atom is 0.240 e. The summed E-state index contributed by atoms with van der Waals surface area (Å²) in [7, 11) is 0. The Hall–Kier alpha value is -1.05. The molecule has 1 aliphatic rings. The van der Waals surface area contributed by atoms with E-state index in [0.29, 0.717) is 12.3 Å². The summed E-state index contributed by atoms with van der Waals surface area (Å²) in [6, 6.07) is -0.531. The van der Waals surface area contributed by atoms with Gasteiger partial charge in [0.1, 0.15) is 0 Å². The van der Waals surface area contributed by atoms with Gasteiger partial charge in [0.25, 0.3) is 0 Å². The quantitative estimate of drug-likeness (QED) is 0.708. The van der Waals surface area contributed by atoms with E-state index in [4.69, 9.17) is 12.2 Å². The summed E-state index contributed by atoms with van der Waals surface area (Å²) < 4.78 is 0. The molecule has 0 radical (unpaired) electrons. The van der Waals surface area contributed by atoms with Gasteiger partial charge >= 0.3 is 0 Å². The lowest BCUT2D eigenvalue weighted by molar-refractivity contribution is -0.134. The van der Waals surface area contributed by atoms with E-state index in [1.807, 2.05) is 4.90 Å². The van der Waals surface area contributed by atoms with Gasteiger partial charge < -0.3 is 10.6 Å². The van der Waals surface area contributed by atoms with Crippen molar-refractivity contribution < 1.29 is 4.79 Å². The second kappa shape index (κ2) is 6.63. The summed E-state index contributed by atoms with van der Waals surface area (Å²) in [4.78, 5) is 16.1. The van der Waals surface area contributed by atoms with Crippen LogP contribution in [-0.4, -0.2) is 54.5 Å². The van der Waals surface area contributed by atoms with Crippen LogP contribution in [0, 0.1) is 18.3 Å². The van der Waals surface area contributed by atoms with Crippen LogP contribution in [0.5, 0.6) is 0 Å². The minimum atomic E-state index is -0.531. The van der Waals surface area contributed by atoms with Crippen LogP contribution in [0.25, 0.3) is 0 Å². The van der Waals surface area contributed by atoms with Crippen molar-refractivity contribution in [3.05, 3.63) is 0 Å². The smallest absolute Gasteiger partial charge is 0.240 e. The van der Waals surface area contributed by atoms with Gasteiger partial charge in [-0.3, -0.25) is 9.69 Å². The number of amides is 1. The van der Waals surface area contributed by atoms with Gasteiger partial charge in [-0.1, -0.05) is 13.8 Å². The predicted molar refractivity (Wildman–Crippen MR) is 69.3 cm³/mol. The highest BCUT2D eigenvalue weighted by atomic mass is 16.2. The van der Waals surface area contributed by atoms with Crippen molar-refractivity contribution >= 4 is 5.91 Å². The largest absolute Gasteiger partial charge is 0.339 e. The zero-order valence-corrected chi connectivity index (χ0v) is 10.9. The van der Waals surface area contributed by atoms with Gasteiger partial charge in [0, 0.05) is 39.1 Å². The Morgan fingerprint density at radius 2 is 1.94 bits per heavy atom. The third-order valence-corrected chi connectivity index (χ3v) is 2.96. The molecule has 17 heavy (non-hydrogen) atoms. The Bertz CT molecular complexity index is 288. The lowest BCUT2D eigenvalue weighted by atomic mass is 10.1. The summed E-state index contributed by atoms with van der Waals surface area (Å²) in [5, 5.41) is 0. The number of hydrogen-bond acceptors (Lipinski definition) is 3. The molecular weight excluding hydrogens is 214 g/mol.